The summed E-state index contributed by atoms with van der Waals surface area (Å²) in [5.74, 6) is 0. The Morgan fingerprint density at radius 1 is 1.15 bits per heavy atom. The Kier molecular flexibility index (Phi) is 5.58. The average molecular weight is 290 g/mol. The zero-order valence-corrected chi connectivity index (χ0v) is 11.9. The van der Waals surface area contributed by atoms with Crippen molar-refractivity contribution in [2.24, 2.45) is 0 Å². The molecule has 5 heteroatoms. The monoisotopic (exact) mass is 290 g/mol. The summed E-state index contributed by atoms with van der Waals surface area (Å²) in [6, 6.07) is 13.2. The highest BCUT2D eigenvalue weighted by Gasteiger charge is 2.07. The topological polar surface area (TPSA) is 61.4 Å². The molecule has 0 radical (unpaired) electrons. The van der Waals surface area contributed by atoms with Crippen LogP contribution in [0, 0.1) is 0 Å². The van der Waals surface area contributed by atoms with Crippen molar-refractivity contribution < 1.29 is 9.90 Å². The van der Waals surface area contributed by atoms with Gasteiger partial charge in [0.15, 0.2) is 0 Å². The first-order valence-corrected chi connectivity index (χ1v) is 7.41. The fourth-order valence-electron chi connectivity index (χ4n) is 1.81. The third-order valence-corrected chi connectivity index (χ3v) is 3.77. The number of rotatable bonds is 6. The lowest BCUT2D eigenvalue weighted by Crippen LogP contribution is -2.35. The number of nitrogens with one attached hydrogen (secondary N) is 2. The molecule has 1 atom stereocenters. The normalized spacial score (nSPS) is 11.8. The largest absolute Gasteiger partial charge is 0.388 e. The van der Waals surface area contributed by atoms with Gasteiger partial charge in [0.05, 0.1) is 12.6 Å². The predicted molar refractivity (Wildman–Crippen MR) is 80.6 cm³/mol. The van der Waals surface area contributed by atoms with Gasteiger partial charge in [-0.2, -0.15) is 0 Å². The van der Waals surface area contributed by atoms with E-state index in [9.17, 15) is 9.90 Å². The lowest BCUT2D eigenvalue weighted by Gasteiger charge is -2.12. The van der Waals surface area contributed by atoms with Gasteiger partial charge < -0.3 is 15.7 Å². The van der Waals surface area contributed by atoms with Crippen molar-refractivity contribution in [3.8, 4) is 0 Å². The molecule has 0 bridgehead atoms. The van der Waals surface area contributed by atoms with Crippen LogP contribution in [0.5, 0.6) is 0 Å². The molecule has 1 aromatic heterocycles. The minimum atomic E-state index is -0.547. The van der Waals surface area contributed by atoms with E-state index >= 15 is 0 Å². The van der Waals surface area contributed by atoms with Crippen LogP contribution in [0.1, 0.15) is 23.0 Å². The van der Waals surface area contributed by atoms with E-state index < -0.39 is 6.10 Å². The van der Waals surface area contributed by atoms with E-state index in [1.807, 2.05) is 47.8 Å². The van der Waals surface area contributed by atoms with Crippen molar-refractivity contribution in [1.82, 2.24) is 10.6 Å². The highest BCUT2D eigenvalue weighted by Crippen LogP contribution is 2.14. The van der Waals surface area contributed by atoms with Crippen LogP contribution in [0.25, 0.3) is 0 Å². The molecule has 2 rings (SSSR count). The zero-order chi connectivity index (χ0) is 14.2. The molecule has 0 saturated heterocycles. The molecule has 4 nitrogen and oxygen atoms in total. The molecular formula is C15H18N2O2S. The van der Waals surface area contributed by atoms with Crippen LogP contribution in [0.4, 0.5) is 4.79 Å². The molecule has 0 fully saturated rings. The van der Waals surface area contributed by atoms with Gasteiger partial charge in [-0.05, 0) is 23.4 Å². The summed E-state index contributed by atoms with van der Waals surface area (Å²) in [5, 5.41) is 17.4. The van der Waals surface area contributed by atoms with E-state index in [2.05, 4.69) is 10.6 Å². The Bertz CT molecular complexity index is 514. The molecule has 0 aliphatic carbocycles. The van der Waals surface area contributed by atoms with Gasteiger partial charge in [-0.1, -0.05) is 36.4 Å². The number of benzene rings is 1. The summed E-state index contributed by atoms with van der Waals surface area (Å²) in [5.41, 5.74) is 0.869. The molecule has 2 amide bonds. The molecular weight excluding hydrogens is 272 g/mol. The van der Waals surface area contributed by atoms with Crippen molar-refractivity contribution in [2.75, 3.05) is 6.54 Å². The Morgan fingerprint density at radius 2 is 1.95 bits per heavy atom. The highest BCUT2D eigenvalue weighted by atomic mass is 32.1. The fourth-order valence-corrected chi connectivity index (χ4v) is 2.45. The minimum absolute atomic E-state index is 0.210. The van der Waals surface area contributed by atoms with Crippen LogP contribution in [-0.4, -0.2) is 17.7 Å². The van der Waals surface area contributed by atoms with Crippen LogP contribution in [0.3, 0.4) is 0 Å². The number of thiophene rings is 1. The molecule has 0 aliphatic rings. The Morgan fingerprint density at radius 3 is 2.65 bits per heavy atom. The highest BCUT2D eigenvalue weighted by molar-refractivity contribution is 7.09. The van der Waals surface area contributed by atoms with E-state index in [-0.39, 0.29) is 6.03 Å². The second kappa shape index (κ2) is 7.67. The van der Waals surface area contributed by atoms with Gasteiger partial charge in [0.2, 0.25) is 0 Å². The zero-order valence-electron chi connectivity index (χ0n) is 11.1. The second-order valence-electron chi connectivity index (χ2n) is 4.40. The van der Waals surface area contributed by atoms with Gasteiger partial charge in [-0.15, -0.1) is 11.3 Å². The van der Waals surface area contributed by atoms with Crippen LogP contribution in [0.15, 0.2) is 47.8 Å². The maximum absolute atomic E-state index is 11.6. The van der Waals surface area contributed by atoms with Crippen LogP contribution in [-0.2, 0) is 6.54 Å². The Balaban J connectivity index is 1.64. The van der Waals surface area contributed by atoms with Gasteiger partial charge >= 0.3 is 6.03 Å². The van der Waals surface area contributed by atoms with E-state index in [0.29, 0.717) is 19.5 Å². The van der Waals surface area contributed by atoms with E-state index in [1.54, 1.807) is 11.3 Å². The molecule has 0 aliphatic heterocycles. The summed E-state index contributed by atoms with van der Waals surface area (Å²) in [6.07, 6.45) is -0.0509. The fraction of sp³-hybridized carbons (Fsp3) is 0.267. The van der Waals surface area contributed by atoms with Gasteiger partial charge in [0.1, 0.15) is 0 Å². The van der Waals surface area contributed by atoms with Gasteiger partial charge in [0.25, 0.3) is 0 Å². The van der Waals surface area contributed by atoms with Crippen LogP contribution < -0.4 is 10.6 Å². The molecule has 2 aromatic rings. The smallest absolute Gasteiger partial charge is 0.315 e. The molecule has 1 aromatic carbocycles. The Hall–Kier alpha value is -1.85. The van der Waals surface area contributed by atoms with Gasteiger partial charge in [-0.25, -0.2) is 4.79 Å². The average Bonchev–Trinajstić information content (AvgIpc) is 2.99. The molecule has 1 heterocycles. The number of hydrogen-bond acceptors (Lipinski definition) is 3. The first-order valence-electron chi connectivity index (χ1n) is 6.53. The number of aliphatic hydroxyl groups excluding tert-OH is 1. The number of hydrogen-bond donors (Lipinski definition) is 3. The maximum Gasteiger partial charge on any atom is 0.315 e. The third-order valence-electron chi connectivity index (χ3n) is 2.89. The van der Waals surface area contributed by atoms with Gasteiger partial charge in [-0.3, -0.25) is 0 Å². The molecule has 0 spiro atoms. The number of urea groups is 1. The van der Waals surface area contributed by atoms with E-state index in [4.69, 9.17) is 0 Å². The predicted octanol–water partition coefficient (Wildman–Crippen LogP) is 2.67. The molecule has 1 unspecified atom stereocenters. The number of carbonyl (C=O) groups excluding carboxylic acids is 1. The molecule has 3 N–H and O–H groups in total. The quantitative estimate of drug-likeness (QED) is 0.766. The van der Waals surface area contributed by atoms with Crippen LogP contribution >= 0.6 is 11.3 Å². The Labute approximate surface area is 122 Å². The molecule has 0 saturated carbocycles. The molecule has 106 valence electrons. The van der Waals surface area contributed by atoms with Crippen molar-refractivity contribution in [2.45, 2.75) is 19.1 Å². The standard InChI is InChI=1S/C15H18N2O2S/c18-14(12-5-2-1-3-6-12)8-9-16-15(19)17-11-13-7-4-10-20-13/h1-7,10,14,18H,8-9,11H2,(H2,16,17,19). The van der Waals surface area contributed by atoms with Crippen LogP contribution in [0.2, 0.25) is 0 Å². The lowest BCUT2D eigenvalue weighted by molar-refractivity contribution is 0.167. The van der Waals surface area contributed by atoms with E-state index in [1.165, 1.54) is 0 Å². The summed E-state index contributed by atoms with van der Waals surface area (Å²) < 4.78 is 0. The minimum Gasteiger partial charge on any atom is -0.388 e. The third kappa shape index (κ3) is 4.68. The summed E-state index contributed by atoms with van der Waals surface area (Å²) in [6.45, 7) is 0.969. The first-order chi connectivity index (χ1) is 9.75. The maximum atomic E-state index is 11.6. The number of amides is 2. The number of aliphatic hydroxyl groups is 1. The summed E-state index contributed by atoms with van der Waals surface area (Å²) in [7, 11) is 0. The summed E-state index contributed by atoms with van der Waals surface area (Å²) >= 11 is 1.61. The first kappa shape index (κ1) is 14.6. The van der Waals surface area contributed by atoms with Crippen molar-refractivity contribution >= 4 is 17.4 Å². The summed E-state index contributed by atoms with van der Waals surface area (Å²) in [4.78, 5) is 12.7. The van der Waals surface area contributed by atoms with E-state index in [0.717, 1.165) is 10.4 Å². The molecule has 20 heavy (non-hydrogen) atoms. The van der Waals surface area contributed by atoms with Crippen molar-refractivity contribution in [3.63, 3.8) is 0 Å². The van der Waals surface area contributed by atoms with Crippen molar-refractivity contribution in [1.29, 1.82) is 0 Å². The second-order valence-corrected chi connectivity index (χ2v) is 5.44. The lowest BCUT2D eigenvalue weighted by atomic mass is 10.1. The SMILES string of the molecule is O=C(NCCC(O)c1ccccc1)NCc1cccs1. The van der Waals surface area contributed by atoms with Gasteiger partial charge in [0, 0.05) is 11.4 Å². The number of carbonyl (C=O) groups is 1. The van der Waals surface area contributed by atoms with Crippen molar-refractivity contribution in [3.05, 3.63) is 58.3 Å².